The number of carbonyl (C=O) groups excluding carboxylic acids is 1. The molecule has 2 aromatic rings. The molecule has 162 valence electrons. The molecular weight excluding hydrogens is 428 g/mol. The van der Waals surface area contributed by atoms with Gasteiger partial charge in [-0.25, -0.2) is 25.9 Å². The summed E-state index contributed by atoms with van der Waals surface area (Å²) in [6.07, 6.45) is 1.70. The van der Waals surface area contributed by atoms with Gasteiger partial charge in [-0.2, -0.15) is 4.31 Å². The molecule has 0 unspecified atom stereocenters. The van der Waals surface area contributed by atoms with E-state index in [1.54, 1.807) is 12.1 Å². The van der Waals surface area contributed by atoms with Crippen molar-refractivity contribution >= 4 is 26.0 Å². The Labute approximate surface area is 177 Å². The van der Waals surface area contributed by atoms with Crippen molar-refractivity contribution in [1.82, 2.24) is 8.61 Å². The Bertz CT molecular complexity index is 1120. The predicted octanol–water partition coefficient (Wildman–Crippen LogP) is 2.08. The van der Waals surface area contributed by atoms with Crippen LogP contribution in [0.4, 0.5) is 0 Å². The molecule has 0 N–H and O–H groups in total. The third kappa shape index (κ3) is 4.72. The van der Waals surface area contributed by atoms with Crippen LogP contribution >= 0.6 is 0 Å². The molecule has 0 bridgehead atoms. The van der Waals surface area contributed by atoms with Gasteiger partial charge in [-0.15, -0.1) is 0 Å². The lowest BCUT2D eigenvalue weighted by molar-refractivity contribution is 0.0472. The number of carbonyl (C=O) groups is 1. The lowest BCUT2D eigenvalue weighted by atomic mass is 10.2. The van der Waals surface area contributed by atoms with E-state index in [1.165, 1.54) is 54.8 Å². The SMILES string of the molecule is CN(C)S(=O)(=O)c1cccc(COC(=O)c2ccc(S(=O)(=O)N3CCCC3)cc2)c1. The van der Waals surface area contributed by atoms with Crippen LogP contribution in [0.5, 0.6) is 0 Å². The molecule has 8 nitrogen and oxygen atoms in total. The number of nitrogens with zero attached hydrogens (tertiary/aromatic N) is 2. The standard InChI is InChI=1S/C20H24N2O6S2/c1-21(2)29(24,25)19-7-5-6-16(14-19)15-28-20(23)17-8-10-18(11-9-17)30(26,27)22-12-3-4-13-22/h5-11,14H,3-4,12-13,15H2,1-2H3. The first-order valence-corrected chi connectivity index (χ1v) is 12.3. The molecule has 1 heterocycles. The summed E-state index contributed by atoms with van der Waals surface area (Å²) >= 11 is 0. The first-order valence-electron chi connectivity index (χ1n) is 9.41. The predicted molar refractivity (Wildman–Crippen MR) is 111 cm³/mol. The lowest BCUT2D eigenvalue weighted by Crippen LogP contribution is -2.27. The summed E-state index contributed by atoms with van der Waals surface area (Å²) in [4.78, 5) is 12.6. The smallest absolute Gasteiger partial charge is 0.338 e. The summed E-state index contributed by atoms with van der Waals surface area (Å²) in [7, 11) is -4.25. The monoisotopic (exact) mass is 452 g/mol. The van der Waals surface area contributed by atoms with E-state index in [2.05, 4.69) is 0 Å². The summed E-state index contributed by atoms with van der Waals surface area (Å²) < 4.78 is 57.3. The van der Waals surface area contributed by atoms with Gasteiger partial charge >= 0.3 is 5.97 Å². The molecule has 10 heteroatoms. The zero-order valence-electron chi connectivity index (χ0n) is 16.8. The van der Waals surface area contributed by atoms with Crippen molar-refractivity contribution in [3.8, 4) is 0 Å². The van der Waals surface area contributed by atoms with Crippen LogP contribution in [-0.2, 0) is 31.4 Å². The van der Waals surface area contributed by atoms with Crippen LogP contribution in [0.25, 0.3) is 0 Å². The van der Waals surface area contributed by atoms with Gasteiger partial charge in [0.15, 0.2) is 0 Å². The van der Waals surface area contributed by atoms with E-state index in [1.807, 2.05) is 0 Å². The molecule has 1 saturated heterocycles. The number of rotatable bonds is 7. The third-order valence-electron chi connectivity index (χ3n) is 4.84. The summed E-state index contributed by atoms with van der Waals surface area (Å²) in [6.45, 7) is 0.910. The maximum atomic E-state index is 12.5. The van der Waals surface area contributed by atoms with Crippen molar-refractivity contribution in [2.45, 2.75) is 29.2 Å². The van der Waals surface area contributed by atoms with Crippen LogP contribution in [0.15, 0.2) is 58.3 Å². The third-order valence-corrected chi connectivity index (χ3v) is 8.56. The van der Waals surface area contributed by atoms with Crippen LogP contribution in [0.1, 0.15) is 28.8 Å². The molecule has 1 aliphatic heterocycles. The first kappa shape index (κ1) is 22.4. The molecule has 3 rings (SSSR count). The van der Waals surface area contributed by atoms with Gasteiger partial charge < -0.3 is 4.74 Å². The van der Waals surface area contributed by atoms with Crippen LogP contribution < -0.4 is 0 Å². The number of hydrogen-bond donors (Lipinski definition) is 0. The van der Waals surface area contributed by atoms with Gasteiger partial charge in [0.05, 0.1) is 15.4 Å². The van der Waals surface area contributed by atoms with E-state index in [0.717, 1.165) is 17.1 Å². The molecule has 2 aromatic carbocycles. The second-order valence-corrected chi connectivity index (χ2v) is 11.2. The summed E-state index contributed by atoms with van der Waals surface area (Å²) in [6, 6.07) is 11.8. The Balaban J connectivity index is 1.67. The van der Waals surface area contributed by atoms with E-state index in [4.69, 9.17) is 4.74 Å². The summed E-state index contributed by atoms with van der Waals surface area (Å²) in [5, 5.41) is 0. The largest absolute Gasteiger partial charge is 0.457 e. The molecule has 0 saturated carbocycles. The molecule has 0 aliphatic carbocycles. The van der Waals surface area contributed by atoms with Crippen LogP contribution in [0.3, 0.4) is 0 Å². The molecular formula is C20H24N2O6S2. The van der Waals surface area contributed by atoms with Gasteiger partial charge in [0, 0.05) is 27.2 Å². The van der Waals surface area contributed by atoms with Crippen molar-refractivity contribution < 1.29 is 26.4 Å². The van der Waals surface area contributed by atoms with Crippen molar-refractivity contribution in [2.24, 2.45) is 0 Å². The maximum Gasteiger partial charge on any atom is 0.338 e. The molecule has 1 aliphatic rings. The van der Waals surface area contributed by atoms with E-state index in [0.29, 0.717) is 18.7 Å². The van der Waals surface area contributed by atoms with Crippen LogP contribution in [0.2, 0.25) is 0 Å². The van der Waals surface area contributed by atoms with Gasteiger partial charge in [0.2, 0.25) is 20.0 Å². The number of esters is 1. The van der Waals surface area contributed by atoms with Gasteiger partial charge in [0.25, 0.3) is 0 Å². The second kappa shape index (κ2) is 8.84. The average Bonchev–Trinajstić information content (AvgIpc) is 3.28. The van der Waals surface area contributed by atoms with Gasteiger partial charge in [0.1, 0.15) is 6.61 Å². The van der Waals surface area contributed by atoms with E-state index < -0.39 is 26.0 Å². The number of benzene rings is 2. The first-order chi connectivity index (χ1) is 14.1. The average molecular weight is 453 g/mol. The Morgan fingerprint density at radius 3 is 2.20 bits per heavy atom. The van der Waals surface area contributed by atoms with Crippen LogP contribution in [0, 0.1) is 0 Å². The van der Waals surface area contributed by atoms with Gasteiger partial charge in [-0.05, 0) is 54.8 Å². The highest BCUT2D eigenvalue weighted by Crippen LogP contribution is 2.21. The molecule has 1 fully saturated rings. The Morgan fingerprint density at radius 2 is 1.60 bits per heavy atom. The molecule has 0 atom stereocenters. The van der Waals surface area contributed by atoms with Crippen molar-refractivity contribution in [2.75, 3.05) is 27.2 Å². The fraction of sp³-hybridized carbons (Fsp3) is 0.350. The van der Waals surface area contributed by atoms with Gasteiger partial charge in [-0.3, -0.25) is 0 Å². The second-order valence-electron chi connectivity index (χ2n) is 7.15. The fourth-order valence-corrected chi connectivity index (χ4v) is 5.57. The van der Waals surface area contributed by atoms with Crippen molar-refractivity contribution in [1.29, 1.82) is 0 Å². The number of sulfonamides is 2. The highest BCUT2D eigenvalue weighted by molar-refractivity contribution is 7.89. The van der Waals surface area contributed by atoms with E-state index in [9.17, 15) is 21.6 Å². The van der Waals surface area contributed by atoms with Gasteiger partial charge in [-0.1, -0.05) is 12.1 Å². The number of hydrogen-bond acceptors (Lipinski definition) is 6. The highest BCUT2D eigenvalue weighted by Gasteiger charge is 2.27. The minimum atomic E-state index is -3.58. The van der Waals surface area contributed by atoms with Crippen molar-refractivity contribution in [3.63, 3.8) is 0 Å². The zero-order valence-corrected chi connectivity index (χ0v) is 18.4. The number of ether oxygens (including phenoxy) is 1. The quantitative estimate of drug-likeness (QED) is 0.596. The molecule has 0 spiro atoms. The van der Waals surface area contributed by atoms with Crippen LogP contribution in [-0.4, -0.2) is 58.6 Å². The zero-order chi connectivity index (χ0) is 21.9. The van der Waals surface area contributed by atoms with E-state index in [-0.39, 0.29) is 22.0 Å². The van der Waals surface area contributed by atoms with Crippen molar-refractivity contribution in [3.05, 3.63) is 59.7 Å². The normalized spacial score (nSPS) is 15.4. The maximum absolute atomic E-state index is 12.5. The highest BCUT2D eigenvalue weighted by atomic mass is 32.2. The minimum Gasteiger partial charge on any atom is -0.457 e. The molecule has 0 radical (unpaired) electrons. The Kier molecular flexibility index (Phi) is 6.61. The minimum absolute atomic E-state index is 0.108. The summed E-state index contributed by atoms with van der Waals surface area (Å²) in [5.74, 6) is -0.624. The molecule has 0 aromatic heterocycles. The van der Waals surface area contributed by atoms with E-state index >= 15 is 0 Å². The molecule has 0 amide bonds. The molecule has 30 heavy (non-hydrogen) atoms. The Hall–Kier alpha value is -2.27. The lowest BCUT2D eigenvalue weighted by Gasteiger charge is -2.15. The summed E-state index contributed by atoms with van der Waals surface area (Å²) in [5.41, 5.74) is 0.743. The fourth-order valence-electron chi connectivity index (χ4n) is 3.08. The Morgan fingerprint density at radius 1 is 0.967 bits per heavy atom. The topological polar surface area (TPSA) is 101 Å².